The molecule has 0 N–H and O–H groups in total. The van der Waals surface area contributed by atoms with Gasteiger partial charge in [0.15, 0.2) is 0 Å². The molecule has 3 aromatic rings. The molecule has 1 aliphatic rings. The SMILES string of the molecule is CC(C)c1ccc(S(=O)(=O)N2CCc3cc(-c4ccncc4)ccc32)cc1. The number of nitrogens with zero attached hydrogens (tertiary/aromatic N) is 2. The van der Waals surface area contributed by atoms with Gasteiger partial charge in [-0.15, -0.1) is 0 Å². The van der Waals surface area contributed by atoms with E-state index in [2.05, 4.69) is 24.9 Å². The zero-order valence-electron chi connectivity index (χ0n) is 15.5. The number of aromatic nitrogens is 1. The van der Waals surface area contributed by atoms with Gasteiger partial charge in [-0.05, 0) is 71.0 Å². The summed E-state index contributed by atoms with van der Waals surface area (Å²) < 4.78 is 27.8. The maximum Gasteiger partial charge on any atom is 0.264 e. The van der Waals surface area contributed by atoms with Gasteiger partial charge in [0.05, 0.1) is 10.6 Å². The van der Waals surface area contributed by atoms with Crippen LogP contribution in [0, 0.1) is 0 Å². The average Bonchev–Trinajstić information content (AvgIpc) is 3.13. The average molecular weight is 378 g/mol. The van der Waals surface area contributed by atoms with E-state index in [9.17, 15) is 8.42 Å². The van der Waals surface area contributed by atoms with Crippen LogP contribution in [0.5, 0.6) is 0 Å². The number of rotatable bonds is 4. The van der Waals surface area contributed by atoms with E-state index >= 15 is 0 Å². The second-order valence-electron chi connectivity index (χ2n) is 7.13. The fraction of sp³-hybridized carbons (Fsp3) is 0.227. The molecule has 0 spiro atoms. The lowest BCUT2D eigenvalue weighted by Crippen LogP contribution is -2.29. The fourth-order valence-electron chi connectivity index (χ4n) is 3.50. The van der Waals surface area contributed by atoms with Gasteiger partial charge in [-0.25, -0.2) is 8.42 Å². The first-order valence-corrected chi connectivity index (χ1v) is 10.6. The lowest BCUT2D eigenvalue weighted by Gasteiger charge is -2.20. The van der Waals surface area contributed by atoms with Crippen LogP contribution in [-0.4, -0.2) is 19.9 Å². The van der Waals surface area contributed by atoms with Crippen LogP contribution in [0.2, 0.25) is 0 Å². The normalized spacial score (nSPS) is 13.8. The van der Waals surface area contributed by atoms with Gasteiger partial charge < -0.3 is 0 Å². The molecule has 0 bridgehead atoms. The lowest BCUT2D eigenvalue weighted by molar-refractivity contribution is 0.592. The number of hydrogen-bond donors (Lipinski definition) is 0. The Morgan fingerprint density at radius 2 is 1.63 bits per heavy atom. The molecule has 5 heteroatoms. The predicted octanol–water partition coefficient (Wildman–Crippen LogP) is 4.62. The molecule has 0 atom stereocenters. The Bertz CT molecular complexity index is 1060. The monoisotopic (exact) mass is 378 g/mol. The van der Waals surface area contributed by atoms with E-state index in [-0.39, 0.29) is 0 Å². The van der Waals surface area contributed by atoms with Crippen molar-refractivity contribution in [3.63, 3.8) is 0 Å². The van der Waals surface area contributed by atoms with Crippen LogP contribution in [-0.2, 0) is 16.4 Å². The maximum absolute atomic E-state index is 13.2. The first kappa shape index (κ1) is 17.7. The summed E-state index contributed by atoms with van der Waals surface area (Å²) in [6.07, 6.45) is 4.25. The third kappa shape index (κ3) is 3.23. The number of fused-ring (bicyclic) bond motifs is 1. The van der Waals surface area contributed by atoms with Gasteiger partial charge in [0, 0.05) is 18.9 Å². The highest BCUT2D eigenvalue weighted by atomic mass is 32.2. The van der Waals surface area contributed by atoms with Gasteiger partial charge >= 0.3 is 0 Å². The van der Waals surface area contributed by atoms with Crippen LogP contribution in [0.1, 0.15) is 30.9 Å². The summed E-state index contributed by atoms with van der Waals surface area (Å²) in [5.41, 5.74) is 5.14. The third-order valence-electron chi connectivity index (χ3n) is 5.08. The molecule has 1 aliphatic heterocycles. The molecular formula is C22H22N2O2S. The van der Waals surface area contributed by atoms with Crippen molar-refractivity contribution in [2.75, 3.05) is 10.8 Å². The third-order valence-corrected chi connectivity index (χ3v) is 6.91. The fourth-order valence-corrected chi connectivity index (χ4v) is 5.00. The van der Waals surface area contributed by atoms with E-state index in [0.717, 1.165) is 34.4 Å². The first-order valence-electron chi connectivity index (χ1n) is 9.13. The molecule has 0 saturated carbocycles. The van der Waals surface area contributed by atoms with Crippen LogP contribution in [0.4, 0.5) is 5.69 Å². The molecule has 2 heterocycles. The van der Waals surface area contributed by atoms with Gasteiger partial charge in [-0.3, -0.25) is 9.29 Å². The van der Waals surface area contributed by atoms with Crippen LogP contribution in [0.25, 0.3) is 11.1 Å². The van der Waals surface area contributed by atoms with Crippen LogP contribution in [0.3, 0.4) is 0 Å². The summed E-state index contributed by atoms with van der Waals surface area (Å²) in [6.45, 7) is 4.67. The number of anilines is 1. The van der Waals surface area contributed by atoms with Gasteiger partial charge in [0.1, 0.15) is 0 Å². The summed E-state index contributed by atoms with van der Waals surface area (Å²) >= 11 is 0. The summed E-state index contributed by atoms with van der Waals surface area (Å²) in [5.74, 6) is 0.376. The Balaban J connectivity index is 1.67. The molecule has 4 nitrogen and oxygen atoms in total. The minimum absolute atomic E-state index is 0.345. The van der Waals surface area contributed by atoms with Crippen molar-refractivity contribution in [3.8, 4) is 11.1 Å². The Morgan fingerprint density at radius 1 is 0.926 bits per heavy atom. The van der Waals surface area contributed by atoms with E-state index < -0.39 is 10.0 Å². The lowest BCUT2D eigenvalue weighted by atomic mass is 10.0. The maximum atomic E-state index is 13.2. The zero-order chi connectivity index (χ0) is 19.0. The minimum atomic E-state index is -3.55. The van der Waals surface area contributed by atoms with Crippen LogP contribution < -0.4 is 4.31 Å². The quantitative estimate of drug-likeness (QED) is 0.665. The summed E-state index contributed by atoms with van der Waals surface area (Å²) in [6, 6.07) is 17.1. The van der Waals surface area contributed by atoms with Gasteiger partial charge in [-0.2, -0.15) is 0 Å². The molecule has 0 radical (unpaired) electrons. The van der Waals surface area contributed by atoms with Crippen molar-refractivity contribution >= 4 is 15.7 Å². The molecule has 0 unspecified atom stereocenters. The van der Waals surface area contributed by atoms with Crippen molar-refractivity contribution in [2.24, 2.45) is 0 Å². The van der Waals surface area contributed by atoms with Crippen molar-refractivity contribution in [3.05, 3.63) is 78.1 Å². The Morgan fingerprint density at radius 3 is 2.30 bits per heavy atom. The molecule has 0 amide bonds. The molecule has 0 saturated heterocycles. The van der Waals surface area contributed by atoms with Gasteiger partial charge in [-0.1, -0.05) is 32.0 Å². The molecular weight excluding hydrogens is 356 g/mol. The molecule has 0 aliphatic carbocycles. The zero-order valence-corrected chi connectivity index (χ0v) is 16.3. The Kier molecular flexibility index (Phi) is 4.48. The molecule has 2 aromatic carbocycles. The molecule has 138 valence electrons. The smallest absolute Gasteiger partial charge is 0.264 e. The highest BCUT2D eigenvalue weighted by molar-refractivity contribution is 7.92. The van der Waals surface area contributed by atoms with E-state index in [4.69, 9.17) is 0 Å². The second-order valence-corrected chi connectivity index (χ2v) is 8.99. The standard InChI is InChI=1S/C22H22N2O2S/c1-16(2)17-3-6-21(7-4-17)27(25,26)24-14-11-20-15-19(5-8-22(20)24)18-9-12-23-13-10-18/h3-10,12-13,15-16H,11,14H2,1-2H3. The largest absolute Gasteiger partial charge is 0.266 e. The number of sulfonamides is 1. The van der Waals surface area contributed by atoms with E-state index in [0.29, 0.717) is 17.4 Å². The number of hydrogen-bond acceptors (Lipinski definition) is 3. The van der Waals surface area contributed by atoms with Crippen LogP contribution >= 0.6 is 0 Å². The summed E-state index contributed by atoms with van der Waals surface area (Å²) in [5, 5.41) is 0. The van der Waals surface area contributed by atoms with E-state index in [1.165, 1.54) is 4.31 Å². The van der Waals surface area contributed by atoms with Crippen molar-refractivity contribution in [1.82, 2.24) is 4.98 Å². The number of benzene rings is 2. The van der Waals surface area contributed by atoms with E-state index in [1.807, 2.05) is 36.4 Å². The van der Waals surface area contributed by atoms with Gasteiger partial charge in [0.2, 0.25) is 0 Å². The highest BCUT2D eigenvalue weighted by Gasteiger charge is 2.31. The van der Waals surface area contributed by atoms with Crippen molar-refractivity contribution in [2.45, 2.75) is 31.1 Å². The second kappa shape index (κ2) is 6.82. The summed E-state index contributed by atoms with van der Waals surface area (Å²) in [4.78, 5) is 4.40. The minimum Gasteiger partial charge on any atom is -0.266 e. The molecule has 27 heavy (non-hydrogen) atoms. The molecule has 0 fully saturated rings. The van der Waals surface area contributed by atoms with Crippen LogP contribution in [0.15, 0.2) is 71.9 Å². The summed E-state index contributed by atoms with van der Waals surface area (Å²) in [7, 11) is -3.55. The predicted molar refractivity (Wildman–Crippen MR) is 108 cm³/mol. The Hall–Kier alpha value is -2.66. The van der Waals surface area contributed by atoms with Crippen molar-refractivity contribution in [1.29, 1.82) is 0 Å². The van der Waals surface area contributed by atoms with Crippen molar-refractivity contribution < 1.29 is 8.42 Å². The number of pyridine rings is 1. The highest BCUT2D eigenvalue weighted by Crippen LogP contribution is 2.35. The first-order chi connectivity index (χ1) is 13.0. The van der Waals surface area contributed by atoms with Gasteiger partial charge in [0.25, 0.3) is 10.0 Å². The topological polar surface area (TPSA) is 50.3 Å². The molecule has 1 aromatic heterocycles. The Labute approximate surface area is 160 Å². The molecule has 4 rings (SSSR count). The van der Waals surface area contributed by atoms with E-state index in [1.54, 1.807) is 24.5 Å².